The van der Waals surface area contributed by atoms with Crippen molar-refractivity contribution < 1.29 is 58.5 Å². The Balaban J connectivity index is 2.61. The van der Waals surface area contributed by atoms with Gasteiger partial charge >= 0.3 is 29.6 Å². The monoisotopic (exact) mass is 470 g/mol. The number of nitrogens with two attached hydrogens (primary N) is 2. The first-order valence-corrected chi connectivity index (χ1v) is 7.84. The molecule has 0 atom stereocenters. The van der Waals surface area contributed by atoms with E-state index in [0.717, 1.165) is 0 Å². The number of aromatic hydroxyl groups is 2. The normalized spacial score (nSPS) is 24.7. The summed E-state index contributed by atoms with van der Waals surface area (Å²) in [6.07, 6.45) is 0. The highest BCUT2D eigenvalue weighted by molar-refractivity contribution is 5.96. The second kappa shape index (κ2) is 5.68. The third-order valence-electron chi connectivity index (χ3n) is 5.08. The smallest absolute Gasteiger partial charge is 0.384 e. The lowest BCUT2D eigenvalue weighted by molar-refractivity contribution is -0.489. The highest BCUT2D eigenvalue weighted by Gasteiger charge is 3.01. The fraction of sp³-hybridized carbons (Fsp3) is 0.375. The Morgan fingerprint density at radius 1 is 0.581 bits per heavy atom. The van der Waals surface area contributed by atoms with Gasteiger partial charge in [0.1, 0.15) is 11.5 Å². The molecular formula is C16H9F11N2O2. The molecule has 1 aliphatic rings. The van der Waals surface area contributed by atoms with Gasteiger partial charge in [-0.05, 0) is 29.0 Å². The van der Waals surface area contributed by atoms with Gasteiger partial charge in [-0.1, -0.05) is 0 Å². The van der Waals surface area contributed by atoms with Gasteiger partial charge in [0, 0.05) is 0 Å². The Morgan fingerprint density at radius 3 is 1.42 bits per heavy atom. The van der Waals surface area contributed by atoms with Crippen LogP contribution in [0.3, 0.4) is 0 Å². The van der Waals surface area contributed by atoms with Crippen LogP contribution < -0.4 is 11.5 Å². The van der Waals surface area contributed by atoms with Crippen LogP contribution in [0, 0.1) is 0 Å². The number of alkyl halides is 11. The van der Waals surface area contributed by atoms with Crippen LogP contribution in [-0.4, -0.2) is 39.8 Å². The maximum atomic E-state index is 15.5. The number of anilines is 2. The van der Waals surface area contributed by atoms with Gasteiger partial charge in [0.05, 0.1) is 16.9 Å². The van der Waals surface area contributed by atoms with Crippen molar-refractivity contribution >= 4 is 22.1 Å². The molecule has 15 heteroatoms. The fourth-order valence-electron chi connectivity index (χ4n) is 3.35. The number of benzene rings is 2. The third-order valence-corrected chi connectivity index (χ3v) is 5.08. The van der Waals surface area contributed by atoms with Crippen LogP contribution in [0.5, 0.6) is 11.5 Å². The molecule has 2 aromatic carbocycles. The van der Waals surface area contributed by atoms with Crippen molar-refractivity contribution in [2.24, 2.45) is 0 Å². The van der Waals surface area contributed by atoms with Crippen LogP contribution in [0.15, 0.2) is 18.2 Å². The summed E-state index contributed by atoms with van der Waals surface area (Å²) >= 11 is 0. The van der Waals surface area contributed by atoms with Gasteiger partial charge in [-0.15, -0.1) is 0 Å². The van der Waals surface area contributed by atoms with Gasteiger partial charge in [0.2, 0.25) is 0 Å². The first kappa shape index (κ1) is 22.8. The number of phenols is 2. The summed E-state index contributed by atoms with van der Waals surface area (Å²) in [4.78, 5) is 0. The van der Waals surface area contributed by atoms with Crippen molar-refractivity contribution in [3.8, 4) is 11.5 Å². The summed E-state index contributed by atoms with van der Waals surface area (Å²) in [5.74, 6) is -39.9. The second-order valence-electron chi connectivity index (χ2n) is 6.85. The zero-order chi connectivity index (χ0) is 24.2. The molecule has 1 saturated carbocycles. The molecule has 2 aromatic rings. The second-order valence-corrected chi connectivity index (χ2v) is 6.85. The number of hydrogen-bond acceptors (Lipinski definition) is 4. The van der Waals surface area contributed by atoms with E-state index in [1.807, 2.05) is 0 Å². The standard InChI is InChI=1S/C16H9F11N2O2/c17-11(9-5-3-8(30)6(28)1-4(5)2-7(29)10(9)31)12(18,19)14(22,23)16(26,27)15(24,25)13(11,20)21/h1-3,30-31H,28-29H2. The summed E-state index contributed by atoms with van der Waals surface area (Å²) in [5.41, 5.74) is -0.714. The lowest BCUT2D eigenvalue weighted by atomic mass is 9.68. The van der Waals surface area contributed by atoms with Gasteiger partial charge in [0.25, 0.3) is 5.67 Å². The molecule has 0 spiro atoms. The Bertz CT molecular complexity index is 1070. The van der Waals surface area contributed by atoms with Gasteiger partial charge in [-0.25, -0.2) is 4.39 Å². The molecule has 31 heavy (non-hydrogen) atoms. The van der Waals surface area contributed by atoms with Crippen molar-refractivity contribution in [3.05, 3.63) is 23.8 Å². The molecule has 0 aromatic heterocycles. The predicted molar refractivity (Wildman–Crippen MR) is 83.6 cm³/mol. The van der Waals surface area contributed by atoms with E-state index in [1.54, 1.807) is 0 Å². The summed E-state index contributed by atoms with van der Waals surface area (Å²) in [5, 5.41) is 17.3. The summed E-state index contributed by atoms with van der Waals surface area (Å²) in [6.45, 7) is 0. The van der Waals surface area contributed by atoms with Gasteiger partial charge < -0.3 is 21.7 Å². The van der Waals surface area contributed by atoms with Crippen LogP contribution in [0.25, 0.3) is 10.8 Å². The minimum atomic E-state index is -7.42. The fourth-order valence-corrected chi connectivity index (χ4v) is 3.35. The van der Waals surface area contributed by atoms with E-state index in [1.165, 1.54) is 0 Å². The van der Waals surface area contributed by atoms with Crippen molar-refractivity contribution in [2.75, 3.05) is 11.5 Å². The molecule has 172 valence electrons. The van der Waals surface area contributed by atoms with Crippen LogP contribution in [0.1, 0.15) is 5.56 Å². The molecule has 0 heterocycles. The highest BCUT2D eigenvalue weighted by atomic mass is 19.4. The first-order valence-electron chi connectivity index (χ1n) is 7.84. The molecule has 1 aliphatic carbocycles. The quantitative estimate of drug-likeness (QED) is 0.275. The van der Waals surface area contributed by atoms with E-state index in [4.69, 9.17) is 11.5 Å². The van der Waals surface area contributed by atoms with Gasteiger partial charge in [-0.2, -0.15) is 43.9 Å². The minimum absolute atomic E-state index is 0.107. The number of nitrogen functional groups attached to an aromatic ring is 2. The molecule has 0 saturated heterocycles. The number of fused-ring (bicyclic) bond motifs is 1. The summed E-state index contributed by atoms with van der Waals surface area (Å²) in [7, 11) is 0. The molecule has 0 unspecified atom stereocenters. The van der Waals surface area contributed by atoms with Crippen molar-refractivity contribution in [2.45, 2.75) is 35.3 Å². The maximum absolute atomic E-state index is 15.5. The topological polar surface area (TPSA) is 92.5 Å². The Labute approximate surface area is 163 Å². The lowest BCUT2D eigenvalue weighted by Crippen LogP contribution is -2.82. The summed E-state index contributed by atoms with van der Waals surface area (Å²) in [6, 6.07) is 1.24. The SMILES string of the molecule is Nc1cc2cc(N)c(O)c(C3(F)C(F)(F)C(F)(F)C(F)(F)C(F)(F)C3(F)F)c2cc1O. The lowest BCUT2D eigenvalue weighted by Gasteiger charge is -2.52. The minimum Gasteiger partial charge on any atom is -0.506 e. The number of phenolic OH excluding ortho intramolecular Hbond substituents is 2. The molecule has 1 fully saturated rings. The molecule has 0 amide bonds. The zero-order valence-corrected chi connectivity index (χ0v) is 14.4. The van der Waals surface area contributed by atoms with E-state index in [9.17, 15) is 54.1 Å². The Hall–Kier alpha value is -2.87. The van der Waals surface area contributed by atoms with Crippen LogP contribution in [0.4, 0.5) is 59.7 Å². The van der Waals surface area contributed by atoms with Crippen LogP contribution >= 0.6 is 0 Å². The Kier molecular flexibility index (Phi) is 4.18. The van der Waals surface area contributed by atoms with Crippen molar-refractivity contribution in [3.63, 3.8) is 0 Å². The Morgan fingerprint density at radius 2 is 0.968 bits per heavy atom. The van der Waals surface area contributed by atoms with Crippen LogP contribution in [-0.2, 0) is 5.67 Å². The van der Waals surface area contributed by atoms with E-state index in [0.29, 0.717) is 12.1 Å². The van der Waals surface area contributed by atoms with E-state index >= 15 is 4.39 Å². The molecule has 0 aliphatic heterocycles. The van der Waals surface area contributed by atoms with E-state index in [2.05, 4.69) is 0 Å². The molecule has 0 bridgehead atoms. The predicted octanol–water partition coefficient (Wildman–Crippen LogP) is 4.77. The number of halogens is 11. The summed E-state index contributed by atoms with van der Waals surface area (Å²) < 4.78 is 155. The van der Waals surface area contributed by atoms with Crippen molar-refractivity contribution in [1.82, 2.24) is 0 Å². The average Bonchev–Trinajstić information content (AvgIpc) is 2.62. The van der Waals surface area contributed by atoms with Gasteiger partial charge in [-0.3, -0.25) is 0 Å². The molecule has 6 N–H and O–H groups in total. The molecule has 0 radical (unpaired) electrons. The maximum Gasteiger partial charge on any atom is 0.384 e. The van der Waals surface area contributed by atoms with Gasteiger partial charge in [0.15, 0.2) is 0 Å². The number of rotatable bonds is 1. The third kappa shape index (κ3) is 2.16. The zero-order valence-electron chi connectivity index (χ0n) is 14.4. The van der Waals surface area contributed by atoms with Crippen molar-refractivity contribution in [1.29, 1.82) is 0 Å². The largest absolute Gasteiger partial charge is 0.506 e. The van der Waals surface area contributed by atoms with E-state index < -0.39 is 74.5 Å². The number of hydrogen-bond donors (Lipinski definition) is 4. The first-order chi connectivity index (χ1) is 13.7. The van der Waals surface area contributed by atoms with E-state index in [-0.39, 0.29) is 6.07 Å². The molecule has 3 rings (SSSR count). The average molecular weight is 470 g/mol. The van der Waals surface area contributed by atoms with Crippen LogP contribution in [0.2, 0.25) is 0 Å². The molecule has 4 nitrogen and oxygen atoms in total. The highest BCUT2D eigenvalue weighted by Crippen LogP contribution is 2.73. The molecular weight excluding hydrogens is 461 g/mol.